The van der Waals surface area contributed by atoms with Crippen LogP contribution >= 0.6 is 0 Å². The van der Waals surface area contributed by atoms with E-state index in [1.165, 1.54) is 25.7 Å². The highest BCUT2D eigenvalue weighted by atomic mass is 16.4. The molecule has 0 spiro atoms. The van der Waals surface area contributed by atoms with E-state index in [9.17, 15) is 9.59 Å². The number of pyridine rings is 1. The molecule has 2 N–H and O–H groups in total. The Balaban J connectivity index is 1.85. The summed E-state index contributed by atoms with van der Waals surface area (Å²) in [7, 11) is 0. The molecule has 0 aromatic carbocycles. The summed E-state index contributed by atoms with van der Waals surface area (Å²) >= 11 is 0. The predicted molar refractivity (Wildman–Crippen MR) is 84.1 cm³/mol. The van der Waals surface area contributed by atoms with Gasteiger partial charge in [-0.1, -0.05) is 12.8 Å². The molecule has 6 nitrogen and oxygen atoms in total. The smallest absolute Gasteiger partial charge is 0.303 e. The average molecular weight is 305 g/mol. The lowest BCUT2D eigenvalue weighted by molar-refractivity contribution is -0.137. The summed E-state index contributed by atoms with van der Waals surface area (Å²) in [4.78, 5) is 29.0. The van der Waals surface area contributed by atoms with Gasteiger partial charge in [0.25, 0.3) is 5.91 Å². The van der Waals surface area contributed by atoms with Gasteiger partial charge >= 0.3 is 5.97 Å². The number of nitrogens with one attached hydrogen (secondary N) is 1. The molecule has 1 aromatic rings. The van der Waals surface area contributed by atoms with E-state index in [2.05, 4.69) is 15.2 Å². The summed E-state index contributed by atoms with van der Waals surface area (Å²) in [6.45, 7) is 2.40. The maximum absolute atomic E-state index is 11.9. The number of amides is 1. The zero-order chi connectivity index (χ0) is 15.8. The first kappa shape index (κ1) is 16.3. The van der Waals surface area contributed by atoms with Gasteiger partial charge < -0.3 is 15.3 Å². The maximum Gasteiger partial charge on any atom is 0.303 e. The van der Waals surface area contributed by atoms with Gasteiger partial charge in [0.2, 0.25) is 0 Å². The van der Waals surface area contributed by atoms with Crippen LogP contribution in [0.25, 0.3) is 0 Å². The van der Waals surface area contributed by atoms with E-state index in [-0.39, 0.29) is 12.3 Å². The molecule has 0 radical (unpaired) electrons. The van der Waals surface area contributed by atoms with Crippen LogP contribution in [0.3, 0.4) is 0 Å². The summed E-state index contributed by atoms with van der Waals surface area (Å²) in [6.07, 6.45) is 7.00. The second-order valence-electron chi connectivity index (χ2n) is 5.56. The number of carboxylic acids is 1. The van der Waals surface area contributed by atoms with Gasteiger partial charge in [-0.15, -0.1) is 0 Å². The van der Waals surface area contributed by atoms with E-state index in [1.54, 1.807) is 12.3 Å². The minimum atomic E-state index is -0.849. The lowest BCUT2D eigenvalue weighted by Gasteiger charge is -2.21. The second-order valence-corrected chi connectivity index (χ2v) is 5.56. The molecule has 6 heteroatoms. The molecule has 1 aliphatic heterocycles. The van der Waals surface area contributed by atoms with Crippen molar-refractivity contribution < 1.29 is 14.7 Å². The number of carboxylic acid groups (broad SMARTS) is 1. The minimum absolute atomic E-state index is 0.0619. The van der Waals surface area contributed by atoms with Crippen molar-refractivity contribution in [1.82, 2.24) is 10.3 Å². The first-order chi connectivity index (χ1) is 10.7. The second kappa shape index (κ2) is 8.36. The third-order valence-electron chi connectivity index (χ3n) is 3.79. The lowest BCUT2D eigenvalue weighted by Crippen LogP contribution is -2.26. The van der Waals surface area contributed by atoms with E-state index in [4.69, 9.17) is 5.11 Å². The number of nitrogens with zero attached hydrogens (tertiary/aromatic N) is 2. The minimum Gasteiger partial charge on any atom is -0.481 e. The Kier molecular flexibility index (Phi) is 6.18. The summed E-state index contributed by atoms with van der Waals surface area (Å²) in [5.74, 6) is -0.137. The summed E-state index contributed by atoms with van der Waals surface area (Å²) in [5.41, 5.74) is 0.508. The van der Waals surface area contributed by atoms with E-state index in [1.807, 2.05) is 6.07 Å². The zero-order valence-corrected chi connectivity index (χ0v) is 12.8. The number of aromatic nitrogens is 1. The molecule has 22 heavy (non-hydrogen) atoms. The first-order valence-corrected chi connectivity index (χ1v) is 7.88. The number of carbonyl (C=O) groups is 2. The Hall–Kier alpha value is -2.11. The van der Waals surface area contributed by atoms with Gasteiger partial charge in [-0.25, -0.2) is 4.98 Å². The molecule has 1 amide bonds. The van der Waals surface area contributed by atoms with Crippen LogP contribution in [0.4, 0.5) is 5.82 Å². The molecular weight excluding hydrogens is 282 g/mol. The standard InChI is InChI=1S/C16H23N3O3/c20-15(21)6-5-9-17-16(22)13-7-8-14(18-12-13)19-10-3-1-2-4-11-19/h7-8,12H,1-6,9-11H2,(H,17,22)(H,20,21). The Morgan fingerprint density at radius 2 is 1.91 bits per heavy atom. The van der Waals surface area contributed by atoms with Gasteiger partial charge in [0.05, 0.1) is 5.56 Å². The number of aliphatic carboxylic acids is 1. The summed E-state index contributed by atoms with van der Waals surface area (Å²) in [5, 5.41) is 11.3. The highest BCUT2D eigenvalue weighted by Crippen LogP contribution is 2.17. The van der Waals surface area contributed by atoms with Crippen molar-refractivity contribution in [3.05, 3.63) is 23.9 Å². The van der Waals surface area contributed by atoms with Crippen molar-refractivity contribution in [3.63, 3.8) is 0 Å². The predicted octanol–water partition coefficient (Wildman–Crippen LogP) is 2.06. The Labute approximate surface area is 130 Å². The molecular formula is C16H23N3O3. The van der Waals surface area contributed by atoms with Crippen LogP contribution in [-0.2, 0) is 4.79 Å². The maximum atomic E-state index is 11.9. The molecule has 0 atom stereocenters. The molecule has 0 bridgehead atoms. The van der Waals surface area contributed by atoms with Gasteiger partial charge in [0, 0.05) is 32.3 Å². The first-order valence-electron chi connectivity index (χ1n) is 7.88. The van der Waals surface area contributed by atoms with Gasteiger partial charge in [0.1, 0.15) is 5.82 Å². The number of hydrogen-bond donors (Lipinski definition) is 2. The topological polar surface area (TPSA) is 82.5 Å². The van der Waals surface area contributed by atoms with E-state index < -0.39 is 5.97 Å². The Bertz CT molecular complexity index is 494. The van der Waals surface area contributed by atoms with Crippen LogP contribution in [0.5, 0.6) is 0 Å². The number of carbonyl (C=O) groups excluding carboxylic acids is 1. The van der Waals surface area contributed by atoms with Crippen LogP contribution in [0.2, 0.25) is 0 Å². The number of rotatable bonds is 6. The van der Waals surface area contributed by atoms with Crippen molar-refractivity contribution >= 4 is 17.7 Å². The van der Waals surface area contributed by atoms with Crippen molar-refractivity contribution in [2.75, 3.05) is 24.5 Å². The summed E-state index contributed by atoms with van der Waals surface area (Å²) in [6, 6.07) is 3.66. The molecule has 0 saturated carbocycles. The van der Waals surface area contributed by atoms with E-state index in [0.29, 0.717) is 18.5 Å². The lowest BCUT2D eigenvalue weighted by atomic mass is 10.2. The van der Waals surface area contributed by atoms with Crippen LogP contribution in [0.1, 0.15) is 48.9 Å². The highest BCUT2D eigenvalue weighted by Gasteiger charge is 2.12. The Morgan fingerprint density at radius 1 is 1.18 bits per heavy atom. The molecule has 2 rings (SSSR count). The fourth-order valence-electron chi connectivity index (χ4n) is 2.55. The fourth-order valence-corrected chi connectivity index (χ4v) is 2.55. The third-order valence-corrected chi connectivity index (χ3v) is 3.79. The third kappa shape index (κ3) is 5.02. The monoisotopic (exact) mass is 305 g/mol. The number of anilines is 1. The van der Waals surface area contributed by atoms with Crippen molar-refractivity contribution in [2.24, 2.45) is 0 Å². The Morgan fingerprint density at radius 3 is 2.50 bits per heavy atom. The molecule has 2 heterocycles. The van der Waals surface area contributed by atoms with Crippen LogP contribution in [-0.4, -0.2) is 41.6 Å². The van der Waals surface area contributed by atoms with Gasteiger partial charge in [0.15, 0.2) is 0 Å². The van der Waals surface area contributed by atoms with Crippen molar-refractivity contribution in [2.45, 2.75) is 38.5 Å². The molecule has 1 saturated heterocycles. The van der Waals surface area contributed by atoms with Crippen LogP contribution in [0, 0.1) is 0 Å². The molecule has 1 aromatic heterocycles. The molecule has 0 aliphatic carbocycles. The van der Waals surface area contributed by atoms with Gasteiger partial charge in [-0.05, 0) is 31.4 Å². The van der Waals surface area contributed by atoms with E-state index >= 15 is 0 Å². The largest absolute Gasteiger partial charge is 0.481 e. The normalized spacial score (nSPS) is 15.2. The van der Waals surface area contributed by atoms with Gasteiger partial charge in [-0.2, -0.15) is 0 Å². The quantitative estimate of drug-likeness (QED) is 0.786. The number of hydrogen-bond acceptors (Lipinski definition) is 4. The molecule has 0 unspecified atom stereocenters. The van der Waals surface area contributed by atoms with Crippen LogP contribution < -0.4 is 10.2 Å². The van der Waals surface area contributed by atoms with Crippen molar-refractivity contribution in [1.29, 1.82) is 0 Å². The molecule has 1 aliphatic rings. The zero-order valence-electron chi connectivity index (χ0n) is 12.8. The average Bonchev–Trinajstić information content (AvgIpc) is 2.80. The fraction of sp³-hybridized carbons (Fsp3) is 0.562. The molecule has 120 valence electrons. The highest BCUT2D eigenvalue weighted by molar-refractivity contribution is 5.94. The van der Waals surface area contributed by atoms with Crippen molar-refractivity contribution in [3.8, 4) is 0 Å². The molecule has 1 fully saturated rings. The summed E-state index contributed by atoms with van der Waals surface area (Å²) < 4.78 is 0. The van der Waals surface area contributed by atoms with E-state index in [0.717, 1.165) is 18.9 Å². The van der Waals surface area contributed by atoms with Crippen LogP contribution in [0.15, 0.2) is 18.3 Å². The SMILES string of the molecule is O=C(O)CCCNC(=O)c1ccc(N2CCCCCC2)nc1. The van der Waals surface area contributed by atoms with Gasteiger partial charge in [-0.3, -0.25) is 9.59 Å².